The third kappa shape index (κ3) is 4.90. The molecule has 2 heterocycles. The maximum Gasteiger partial charge on any atom is 0.226 e. The van der Waals surface area contributed by atoms with Gasteiger partial charge in [0.05, 0.1) is 5.69 Å². The molecule has 3 rings (SSSR count). The van der Waals surface area contributed by atoms with Crippen LogP contribution in [-0.4, -0.2) is 35.8 Å². The zero-order valence-corrected chi connectivity index (χ0v) is 16.5. The summed E-state index contributed by atoms with van der Waals surface area (Å²) in [5.41, 5.74) is 7.84. The second-order valence-corrected chi connectivity index (χ2v) is 6.76. The van der Waals surface area contributed by atoms with Crippen molar-refractivity contribution < 1.29 is 4.42 Å². The van der Waals surface area contributed by atoms with Crippen LogP contribution in [0.15, 0.2) is 33.6 Å². The molecule has 2 aromatic rings. The van der Waals surface area contributed by atoms with E-state index in [4.69, 9.17) is 15.1 Å². The third-order valence-electron chi connectivity index (χ3n) is 4.31. The molecule has 7 heteroatoms. The molecule has 1 saturated heterocycles. The van der Waals surface area contributed by atoms with Crippen LogP contribution in [-0.2, 0) is 6.54 Å². The van der Waals surface area contributed by atoms with Crippen molar-refractivity contribution in [2.45, 2.75) is 24.8 Å². The van der Waals surface area contributed by atoms with Gasteiger partial charge in [-0.05, 0) is 62.9 Å². The number of hydrogen-bond donors (Lipinski definition) is 1. The standard InChI is InChI=1S/C17H23N3OS.2ClH/c1-12-16(11-20-8-7-13(9-18)10-20)19-17(21-12)14-3-5-15(22-2)6-4-14;;/h3-6,13H,7-11,18H2,1-2H3;2*1H. The first-order valence-electron chi connectivity index (χ1n) is 7.72. The number of thioether (sulfide) groups is 1. The van der Waals surface area contributed by atoms with Crippen LogP contribution in [0.4, 0.5) is 0 Å². The van der Waals surface area contributed by atoms with E-state index in [0.29, 0.717) is 5.92 Å². The van der Waals surface area contributed by atoms with Gasteiger partial charge < -0.3 is 10.2 Å². The molecule has 1 aromatic carbocycles. The first-order chi connectivity index (χ1) is 10.7. The van der Waals surface area contributed by atoms with Gasteiger partial charge in [-0.15, -0.1) is 36.6 Å². The number of aryl methyl sites for hydroxylation is 1. The normalized spacial score (nSPS) is 17.4. The molecule has 1 atom stereocenters. The van der Waals surface area contributed by atoms with Gasteiger partial charge in [-0.25, -0.2) is 4.98 Å². The minimum atomic E-state index is 0. The summed E-state index contributed by atoms with van der Waals surface area (Å²) < 4.78 is 5.87. The summed E-state index contributed by atoms with van der Waals surface area (Å²) in [6.07, 6.45) is 3.27. The molecule has 2 N–H and O–H groups in total. The highest BCUT2D eigenvalue weighted by Gasteiger charge is 2.23. The van der Waals surface area contributed by atoms with Gasteiger partial charge in [0, 0.05) is 23.5 Å². The number of nitrogens with two attached hydrogens (primary N) is 1. The van der Waals surface area contributed by atoms with Crippen molar-refractivity contribution in [2.24, 2.45) is 11.7 Å². The summed E-state index contributed by atoms with van der Waals surface area (Å²) in [4.78, 5) is 8.37. The van der Waals surface area contributed by atoms with E-state index >= 15 is 0 Å². The topological polar surface area (TPSA) is 55.3 Å². The van der Waals surface area contributed by atoms with Crippen LogP contribution in [0.5, 0.6) is 0 Å². The highest BCUT2D eigenvalue weighted by molar-refractivity contribution is 7.98. The van der Waals surface area contributed by atoms with E-state index < -0.39 is 0 Å². The largest absolute Gasteiger partial charge is 0.441 e. The zero-order valence-electron chi connectivity index (χ0n) is 14.0. The molecule has 1 unspecified atom stereocenters. The van der Waals surface area contributed by atoms with Gasteiger partial charge in [-0.2, -0.15) is 0 Å². The molecule has 0 bridgehead atoms. The van der Waals surface area contributed by atoms with Gasteiger partial charge in [0.2, 0.25) is 5.89 Å². The van der Waals surface area contributed by atoms with E-state index in [2.05, 4.69) is 35.4 Å². The maximum absolute atomic E-state index is 5.87. The van der Waals surface area contributed by atoms with Crippen molar-refractivity contribution in [1.82, 2.24) is 9.88 Å². The third-order valence-corrected chi connectivity index (χ3v) is 5.05. The number of oxazole rings is 1. The van der Waals surface area contributed by atoms with Crippen LogP contribution in [0.3, 0.4) is 0 Å². The van der Waals surface area contributed by atoms with Crippen LogP contribution >= 0.6 is 36.6 Å². The highest BCUT2D eigenvalue weighted by atomic mass is 35.5. The quantitative estimate of drug-likeness (QED) is 0.783. The number of likely N-dealkylation sites (tertiary alicyclic amines) is 1. The average molecular weight is 390 g/mol. The molecule has 1 aromatic heterocycles. The fraction of sp³-hybridized carbons (Fsp3) is 0.471. The maximum atomic E-state index is 5.87. The molecule has 0 amide bonds. The number of benzene rings is 1. The minimum absolute atomic E-state index is 0. The summed E-state index contributed by atoms with van der Waals surface area (Å²) in [5.74, 6) is 2.26. The monoisotopic (exact) mass is 389 g/mol. The Hall–Kier alpha value is -0.720. The number of hydrogen-bond acceptors (Lipinski definition) is 5. The minimum Gasteiger partial charge on any atom is -0.441 e. The first-order valence-corrected chi connectivity index (χ1v) is 8.95. The highest BCUT2D eigenvalue weighted by Crippen LogP contribution is 2.26. The Morgan fingerprint density at radius 1 is 1.29 bits per heavy atom. The van der Waals surface area contributed by atoms with Crippen molar-refractivity contribution in [1.29, 1.82) is 0 Å². The van der Waals surface area contributed by atoms with Gasteiger partial charge in [0.25, 0.3) is 0 Å². The molecule has 1 aliphatic heterocycles. The van der Waals surface area contributed by atoms with E-state index in [9.17, 15) is 0 Å². The van der Waals surface area contributed by atoms with Crippen LogP contribution in [0, 0.1) is 12.8 Å². The van der Waals surface area contributed by atoms with Crippen molar-refractivity contribution in [3.63, 3.8) is 0 Å². The molecule has 1 aliphatic rings. The van der Waals surface area contributed by atoms with Crippen LogP contribution in [0.25, 0.3) is 11.5 Å². The molecule has 0 aliphatic carbocycles. The van der Waals surface area contributed by atoms with Crippen molar-refractivity contribution in [3.8, 4) is 11.5 Å². The number of nitrogens with zero attached hydrogens (tertiary/aromatic N) is 2. The summed E-state index contributed by atoms with van der Waals surface area (Å²) in [6.45, 7) is 5.81. The Balaban J connectivity index is 0.00000144. The molecule has 134 valence electrons. The Morgan fingerprint density at radius 3 is 2.58 bits per heavy atom. The van der Waals surface area contributed by atoms with E-state index in [1.807, 2.05) is 6.92 Å². The Bertz CT molecular complexity index is 633. The second kappa shape index (κ2) is 9.68. The van der Waals surface area contributed by atoms with Crippen molar-refractivity contribution in [2.75, 3.05) is 25.9 Å². The second-order valence-electron chi connectivity index (χ2n) is 5.88. The summed E-state index contributed by atoms with van der Waals surface area (Å²) in [6, 6.07) is 8.35. The molecule has 4 nitrogen and oxygen atoms in total. The fourth-order valence-electron chi connectivity index (χ4n) is 2.89. The predicted molar refractivity (Wildman–Crippen MR) is 105 cm³/mol. The van der Waals surface area contributed by atoms with E-state index in [1.165, 1.54) is 11.3 Å². The Kier molecular flexibility index (Phi) is 8.60. The van der Waals surface area contributed by atoms with Crippen molar-refractivity contribution in [3.05, 3.63) is 35.7 Å². The van der Waals surface area contributed by atoms with E-state index in [1.54, 1.807) is 11.8 Å². The molecular formula is C17H25Cl2N3OS. The van der Waals surface area contributed by atoms with Gasteiger partial charge in [0.15, 0.2) is 0 Å². The van der Waals surface area contributed by atoms with Crippen molar-refractivity contribution >= 4 is 36.6 Å². The lowest BCUT2D eigenvalue weighted by molar-refractivity contribution is 0.312. The smallest absolute Gasteiger partial charge is 0.226 e. The summed E-state index contributed by atoms with van der Waals surface area (Å²) in [5, 5.41) is 0. The van der Waals surface area contributed by atoms with Crippen LogP contribution < -0.4 is 5.73 Å². The summed E-state index contributed by atoms with van der Waals surface area (Å²) in [7, 11) is 0. The molecular weight excluding hydrogens is 365 g/mol. The predicted octanol–water partition coefficient (Wildman–Crippen LogP) is 4.00. The van der Waals surface area contributed by atoms with Gasteiger partial charge >= 0.3 is 0 Å². The lowest BCUT2D eigenvalue weighted by Crippen LogP contribution is -2.23. The van der Waals surface area contributed by atoms with Crippen LogP contribution in [0.1, 0.15) is 17.9 Å². The Labute approximate surface area is 160 Å². The summed E-state index contributed by atoms with van der Waals surface area (Å²) >= 11 is 1.74. The lowest BCUT2D eigenvalue weighted by atomic mass is 10.1. The molecule has 0 radical (unpaired) electrons. The average Bonchev–Trinajstić information content (AvgIpc) is 3.15. The Morgan fingerprint density at radius 2 is 2.00 bits per heavy atom. The molecule has 1 fully saturated rings. The lowest BCUT2D eigenvalue weighted by Gasteiger charge is -2.13. The van der Waals surface area contributed by atoms with Gasteiger partial charge in [0.1, 0.15) is 5.76 Å². The number of aromatic nitrogens is 1. The first kappa shape index (κ1) is 21.3. The molecule has 0 spiro atoms. The number of rotatable bonds is 5. The zero-order chi connectivity index (χ0) is 15.5. The number of halogens is 2. The van der Waals surface area contributed by atoms with Gasteiger partial charge in [-0.1, -0.05) is 0 Å². The van der Waals surface area contributed by atoms with Gasteiger partial charge in [-0.3, -0.25) is 4.90 Å². The van der Waals surface area contributed by atoms with E-state index in [-0.39, 0.29) is 24.8 Å². The molecule has 0 saturated carbocycles. The molecule has 24 heavy (non-hydrogen) atoms. The fourth-order valence-corrected chi connectivity index (χ4v) is 3.30. The SMILES string of the molecule is CSc1ccc(-c2nc(CN3CCC(CN)C3)c(C)o2)cc1.Cl.Cl. The van der Waals surface area contributed by atoms with E-state index in [0.717, 1.165) is 49.1 Å². The van der Waals surface area contributed by atoms with Crippen LogP contribution in [0.2, 0.25) is 0 Å².